The molecule has 4 nitrogen and oxygen atoms in total. The topological polar surface area (TPSA) is 64.9 Å². The van der Waals surface area contributed by atoms with Crippen LogP contribution in [-0.4, -0.2) is 19.0 Å². The van der Waals surface area contributed by atoms with E-state index < -0.39 is 0 Å². The molecule has 1 aliphatic heterocycles. The molecule has 5 heteroatoms. The highest BCUT2D eigenvalue weighted by molar-refractivity contribution is 6.31. The van der Waals surface area contributed by atoms with Crippen LogP contribution < -0.4 is 10.6 Å². The lowest BCUT2D eigenvalue weighted by Gasteiger charge is -2.21. The van der Waals surface area contributed by atoms with Crippen LogP contribution in [-0.2, 0) is 4.79 Å². The predicted octanol–water partition coefficient (Wildman–Crippen LogP) is 2.15. The van der Waals surface area contributed by atoms with Crippen LogP contribution in [0.2, 0.25) is 5.02 Å². The smallest absolute Gasteiger partial charge is 0.227 e. The second-order valence-electron chi connectivity index (χ2n) is 4.32. The summed E-state index contributed by atoms with van der Waals surface area (Å²) in [6.45, 7) is 1.75. The minimum atomic E-state index is 0.0164. The van der Waals surface area contributed by atoms with E-state index in [2.05, 4.69) is 10.6 Å². The van der Waals surface area contributed by atoms with Gasteiger partial charge in [-0.1, -0.05) is 11.6 Å². The number of nitrogens with one attached hydrogen (secondary N) is 2. The summed E-state index contributed by atoms with van der Waals surface area (Å²) in [6, 6.07) is 6.93. The Hall–Kier alpha value is -1.57. The molecule has 0 radical (unpaired) electrons. The van der Waals surface area contributed by atoms with Crippen LogP contribution in [0.3, 0.4) is 0 Å². The maximum atomic E-state index is 12.0. The molecule has 0 unspecified atom stereocenters. The summed E-state index contributed by atoms with van der Waals surface area (Å²) in [6.07, 6.45) is 1.70. The number of benzene rings is 1. The zero-order valence-corrected chi connectivity index (χ0v) is 10.6. The number of halogens is 1. The van der Waals surface area contributed by atoms with E-state index in [1.807, 2.05) is 6.07 Å². The summed E-state index contributed by atoms with van der Waals surface area (Å²) >= 11 is 5.84. The highest BCUT2D eigenvalue weighted by Gasteiger charge is 2.20. The van der Waals surface area contributed by atoms with Gasteiger partial charge in [-0.15, -0.1) is 0 Å². The number of carbonyl (C=O) groups excluding carboxylic acids is 1. The van der Waals surface area contributed by atoms with Crippen LogP contribution in [0.4, 0.5) is 5.69 Å². The van der Waals surface area contributed by atoms with E-state index in [4.69, 9.17) is 16.9 Å². The molecule has 1 fully saturated rings. The first kappa shape index (κ1) is 12.9. The zero-order valence-electron chi connectivity index (χ0n) is 9.87. The fourth-order valence-electron chi connectivity index (χ4n) is 2.02. The van der Waals surface area contributed by atoms with Crippen molar-refractivity contribution >= 4 is 23.2 Å². The Morgan fingerprint density at radius 3 is 2.83 bits per heavy atom. The molecule has 0 saturated carbocycles. The van der Waals surface area contributed by atoms with Gasteiger partial charge in [-0.2, -0.15) is 5.26 Å². The molecule has 1 aromatic rings. The van der Waals surface area contributed by atoms with Gasteiger partial charge in [0.2, 0.25) is 5.91 Å². The first-order chi connectivity index (χ1) is 8.70. The maximum Gasteiger partial charge on any atom is 0.227 e. The monoisotopic (exact) mass is 263 g/mol. The summed E-state index contributed by atoms with van der Waals surface area (Å²) in [5, 5.41) is 15.3. The third-order valence-corrected chi connectivity index (χ3v) is 3.39. The standard InChI is InChI=1S/C13H14ClN3O/c14-12-2-1-11(7-10(12)8-15)17-13(18)9-3-5-16-6-4-9/h1-2,7,9,16H,3-6H2,(H,17,18). The van der Waals surface area contributed by atoms with Crippen LogP contribution in [0.1, 0.15) is 18.4 Å². The lowest BCUT2D eigenvalue weighted by Crippen LogP contribution is -2.34. The number of anilines is 1. The van der Waals surface area contributed by atoms with E-state index in [0.717, 1.165) is 25.9 Å². The molecule has 1 saturated heterocycles. The molecule has 0 bridgehead atoms. The van der Waals surface area contributed by atoms with Gasteiger partial charge in [0.05, 0.1) is 10.6 Å². The largest absolute Gasteiger partial charge is 0.326 e. The Kier molecular flexibility index (Phi) is 4.19. The van der Waals surface area contributed by atoms with Crippen molar-refractivity contribution < 1.29 is 4.79 Å². The molecule has 1 amide bonds. The Morgan fingerprint density at radius 1 is 1.44 bits per heavy atom. The number of nitrogens with zero attached hydrogens (tertiary/aromatic N) is 1. The third kappa shape index (κ3) is 3.00. The molecule has 0 aromatic heterocycles. The van der Waals surface area contributed by atoms with Gasteiger partial charge in [-0.3, -0.25) is 4.79 Å². The lowest BCUT2D eigenvalue weighted by molar-refractivity contribution is -0.120. The molecule has 1 heterocycles. The summed E-state index contributed by atoms with van der Waals surface area (Å²) < 4.78 is 0. The molecule has 0 atom stereocenters. The van der Waals surface area contributed by atoms with Crippen LogP contribution in [0.25, 0.3) is 0 Å². The average molecular weight is 264 g/mol. The van der Waals surface area contributed by atoms with Gasteiger partial charge >= 0.3 is 0 Å². The van der Waals surface area contributed by atoms with Crippen molar-refractivity contribution in [3.63, 3.8) is 0 Å². The van der Waals surface area contributed by atoms with Crippen LogP contribution in [0.15, 0.2) is 18.2 Å². The molecule has 2 N–H and O–H groups in total. The van der Waals surface area contributed by atoms with Gasteiger partial charge < -0.3 is 10.6 Å². The Labute approximate surface area is 111 Å². The number of rotatable bonds is 2. The van der Waals surface area contributed by atoms with Gasteiger partial charge in [0, 0.05) is 11.6 Å². The second kappa shape index (κ2) is 5.85. The van der Waals surface area contributed by atoms with Gasteiger partial charge in [0.1, 0.15) is 6.07 Å². The van der Waals surface area contributed by atoms with E-state index in [9.17, 15) is 4.79 Å². The van der Waals surface area contributed by atoms with Crippen LogP contribution in [0, 0.1) is 17.2 Å². The van der Waals surface area contributed by atoms with Crippen molar-refractivity contribution in [3.8, 4) is 6.07 Å². The zero-order chi connectivity index (χ0) is 13.0. The van der Waals surface area contributed by atoms with Gasteiger partial charge in [0.25, 0.3) is 0 Å². The second-order valence-corrected chi connectivity index (χ2v) is 4.73. The number of amides is 1. The normalized spacial score (nSPS) is 16.0. The lowest BCUT2D eigenvalue weighted by atomic mass is 9.97. The number of hydrogen-bond acceptors (Lipinski definition) is 3. The van der Waals surface area contributed by atoms with Crippen molar-refractivity contribution in [3.05, 3.63) is 28.8 Å². The Morgan fingerprint density at radius 2 is 2.17 bits per heavy atom. The van der Waals surface area contributed by atoms with Gasteiger partial charge in [-0.25, -0.2) is 0 Å². The molecule has 0 spiro atoms. The first-order valence-electron chi connectivity index (χ1n) is 5.92. The van der Waals surface area contributed by atoms with Gasteiger partial charge in [-0.05, 0) is 44.1 Å². The van der Waals surface area contributed by atoms with E-state index in [0.29, 0.717) is 16.3 Å². The SMILES string of the molecule is N#Cc1cc(NC(=O)C2CCNCC2)ccc1Cl. The van der Waals surface area contributed by atoms with Crippen molar-refractivity contribution in [2.45, 2.75) is 12.8 Å². The van der Waals surface area contributed by atoms with Gasteiger partial charge in [0.15, 0.2) is 0 Å². The van der Waals surface area contributed by atoms with Crippen molar-refractivity contribution in [2.24, 2.45) is 5.92 Å². The quantitative estimate of drug-likeness (QED) is 0.859. The number of carbonyl (C=O) groups is 1. The number of piperidine rings is 1. The van der Waals surface area contributed by atoms with Crippen molar-refractivity contribution in [2.75, 3.05) is 18.4 Å². The highest BCUT2D eigenvalue weighted by Crippen LogP contribution is 2.21. The van der Waals surface area contributed by atoms with E-state index >= 15 is 0 Å². The highest BCUT2D eigenvalue weighted by atomic mass is 35.5. The first-order valence-corrected chi connectivity index (χ1v) is 6.29. The van der Waals surface area contributed by atoms with E-state index in [1.165, 1.54) is 0 Å². The van der Waals surface area contributed by atoms with Crippen LogP contribution in [0.5, 0.6) is 0 Å². The van der Waals surface area contributed by atoms with E-state index in [1.54, 1.807) is 18.2 Å². The number of hydrogen-bond donors (Lipinski definition) is 2. The number of nitriles is 1. The summed E-state index contributed by atoms with van der Waals surface area (Å²) in [7, 11) is 0. The summed E-state index contributed by atoms with van der Waals surface area (Å²) in [5.74, 6) is 0.0650. The fraction of sp³-hybridized carbons (Fsp3) is 0.385. The minimum Gasteiger partial charge on any atom is -0.326 e. The van der Waals surface area contributed by atoms with E-state index in [-0.39, 0.29) is 11.8 Å². The maximum absolute atomic E-state index is 12.0. The summed E-state index contributed by atoms with van der Waals surface area (Å²) in [5.41, 5.74) is 0.999. The molecule has 94 valence electrons. The molecular weight excluding hydrogens is 250 g/mol. The van der Waals surface area contributed by atoms with Crippen LogP contribution >= 0.6 is 11.6 Å². The molecule has 18 heavy (non-hydrogen) atoms. The minimum absolute atomic E-state index is 0.0164. The molecule has 1 aromatic carbocycles. The molecule has 1 aliphatic rings. The summed E-state index contributed by atoms with van der Waals surface area (Å²) in [4.78, 5) is 12.0. The molecule has 2 rings (SSSR count). The van der Waals surface area contributed by atoms with Crippen molar-refractivity contribution in [1.29, 1.82) is 5.26 Å². The molecule has 0 aliphatic carbocycles. The third-order valence-electron chi connectivity index (χ3n) is 3.06. The molecular formula is C13H14ClN3O. The Balaban J connectivity index is 2.05. The predicted molar refractivity (Wildman–Crippen MR) is 70.4 cm³/mol. The van der Waals surface area contributed by atoms with Crippen molar-refractivity contribution in [1.82, 2.24) is 5.32 Å². The Bertz CT molecular complexity index is 489. The average Bonchev–Trinajstić information content (AvgIpc) is 2.42. The fourth-order valence-corrected chi connectivity index (χ4v) is 2.18.